The number of benzene rings is 2. The summed E-state index contributed by atoms with van der Waals surface area (Å²) in [6.45, 7) is 3.21. The van der Waals surface area contributed by atoms with Gasteiger partial charge in [-0.2, -0.15) is 8.42 Å². The molecule has 10 heteroatoms. The summed E-state index contributed by atoms with van der Waals surface area (Å²) in [5.41, 5.74) is 13.5. The molecule has 0 aliphatic carbocycles. The van der Waals surface area contributed by atoms with Gasteiger partial charge in [0.1, 0.15) is 4.90 Å². The summed E-state index contributed by atoms with van der Waals surface area (Å²) < 4.78 is 36.6. The normalized spacial score (nSPS) is 18.9. The number of piperidine rings is 1. The number of hydrogen-bond donors (Lipinski definition) is 4. The van der Waals surface area contributed by atoms with E-state index in [1.807, 2.05) is 13.0 Å². The van der Waals surface area contributed by atoms with Crippen LogP contribution in [0.2, 0.25) is 0 Å². The van der Waals surface area contributed by atoms with Crippen molar-refractivity contribution in [3.05, 3.63) is 47.5 Å². The molecule has 8 nitrogen and oxygen atoms in total. The Kier molecular flexibility index (Phi) is 7.57. The van der Waals surface area contributed by atoms with Crippen molar-refractivity contribution in [1.82, 2.24) is 5.32 Å². The molecule has 0 radical (unpaired) electrons. The lowest BCUT2D eigenvalue weighted by atomic mass is 9.79. The summed E-state index contributed by atoms with van der Waals surface area (Å²) in [5, 5.41) is 11.2. The first-order valence-electron chi connectivity index (χ1n) is 9.26. The lowest BCUT2D eigenvalue weighted by Crippen LogP contribution is -2.42. The Balaban J connectivity index is 0.00000320. The van der Waals surface area contributed by atoms with Gasteiger partial charge in [-0.1, -0.05) is 6.07 Å². The number of ether oxygens (including phenoxy) is 1. The first kappa shape index (κ1) is 23.8. The van der Waals surface area contributed by atoms with Crippen molar-refractivity contribution in [2.45, 2.75) is 24.2 Å². The predicted molar refractivity (Wildman–Crippen MR) is 119 cm³/mol. The highest BCUT2D eigenvalue weighted by atomic mass is 35.5. The van der Waals surface area contributed by atoms with E-state index in [0.717, 1.165) is 24.1 Å². The molecular weight excluding hydrogens is 428 g/mol. The Morgan fingerprint density at radius 1 is 1.23 bits per heavy atom. The number of nitrogens with two attached hydrogens (primary N) is 2. The molecular formula is C20H27ClN4O4S. The average Bonchev–Trinajstić information content (AvgIpc) is 2.67. The van der Waals surface area contributed by atoms with Gasteiger partial charge >= 0.3 is 10.1 Å². The molecule has 164 valence electrons. The molecule has 1 fully saturated rings. The number of nitrogens with one attached hydrogen (secondary N) is 2. The van der Waals surface area contributed by atoms with E-state index in [9.17, 15) is 8.42 Å². The van der Waals surface area contributed by atoms with E-state index in [1.54, 1.807) is 6.07 Å². The first-order valence-corrected chi connectivity index (χ1v) is 10.7. The Labute approximate surface area is 183 Å². The number of amidine groups is 1. The molecule has 30 heavy (non-hydrogen) atoms. The van der Waals surface area contributed by atoms with Gasteiger partial charge < -0.3 is 25.7 Å². The van der Waals surface area contributed by atoms with Crippen molar-refractivity contribution < 1.29 is 17.3 Å². The minimum absolute atomic E-state index is 0. The summed E-state index contributed by atoms with van der Waals surface area (Å²) in [6, 6.07) is 9.36. The van der Waals surface area contributed by atoms with Crippen molar-refractivity contribution in [3.63, 3.8) is 0 Å². The molecule has 0 bridgehead atoms. The van der Waals surface area contributed by atoms with Crippen molar-refractivity contribution in [2.24, 2.45) is 11.7 Å². The van der Waals surface area contributed by atoms with Gasteiger partial charge in [0.15, 0.2) is 11.5 Å². The molecule has 1 aliphatic heterocycles. The van der Waals surface area contributed by atoms with Gasteiger partial charge in [-0.15, -0.1) is 12.4 Å². The largest absolute Gasteiger partial charge is 0.492 e. The fraction of sp³-hybridized carbons (Fsp3) is 0.350. The second kappa shape index (κ2) is 9.55. The van der Waals surface area contributed by atoms with Gasteiger partial charge in [-0.05, 0) is 61.7 Å². The van der Waals surface area contributed by atoms with Crippen molar-refractivity contribution >= 4 is 34.0 Å². The van der Waals surface area contributed by atoms with E-state index in [2.05, 4.69) is 5.32 Å². The van der Waals surface area contributed by atoms with Gasteiger partial charge in [-0.3, -0.25) is 5.41 Å². The minimum atomic E-state index is -4.07. The number of halogens is 1. The van der Waals surface area contributed by atoms with Crippen LogP contribution in [0.5, 0.6) is 11.5 Å². The van der Waals surface area contributed by atoms with Crippen LogP contribution in [0.25, 0.3) is 0 Å². The van der Waals surface area contributed by atoms with Crippen molar-refractivity contribution in [1.29, 1.82) is 5.41 Å². The smallest absolute Gasteiger partial charge is 0.339 e. The lowest BCUT2D eigenvalue weighted by molar-refractivity contribution is 0.356. The highest BCUT2D eigenvalue weighted by Crippen LogP contribution is 2.43. The maximum Gasteiger partial charge on any atom is 0.339 e. The van der Waals surface area contributed by atoms with Gasteiger partial charge in [0, 0.05) is 23.7 Å². The van der Waals surface area contributed by atoms with Gasteiger partial charge in [0.2, 0.25) is 0 Å². The Bertz CT molecular complexity index is 1010. The highest BCUT2D eigenvalue weighted by molar-refractivity contribution is 7.87. The lowest BCUT2D eigenvalue weighted by Gasteiger charge is -2.33. The molecule has 2 unspecified atom stereocenters. The quantitative estimate of drug-likeness (QED) is 0.227. The van der Waals surface area contributed by atoms with E-state index in [4.69, 9.17) is 25.8 Å². The Hall–Kier alpha value is -2.49. The fourth-order valence-electron chi connectivity index (χ4n) is 3.68. The molecule has 2 aromatic carbocycles. The van der Waals surface area contributed by atoms with Gasteiger partial charge in [0.25, 0.3) is 0 Å². The summed E-state index contributed by atoms with van der Waals surface area (Å²) in [4.78, 5) is 0.000267. The third-order valence-electron chi connectivity index (χ3n) is 5.08. The number of rotatable bonds is 6. The molecule has 1 heterocycles. The van der Waals surface area contributed by atoms with Crippen LogP contribution in [0.15, 0.2) is 41.3 Å². The molecule has 3 rings (SSSR count). The van der Waals surface area contributed by atoms with Crippen LogP contribution in [-0.2, 0) is 10.1 Å². The number of methoxy groups -OCH3 is 1. The van der Waals surface area contributed by atoms with Crippen LogP contribution in [0.1, 0.15) is 23.5 Å². The van der Waals surface area contributed by atoms with E-state index in [1.165, 1.54) is 31.4 Å². The number of aryl methyl sites for hydroxylation is 1. The standard InChI is InChI=1S/C20H26N4O4S.ClH/c1-12-9-16(15-7-8-24-11-17(15)20(22)23)19(27-2)18(10-12)28-29(25,26)14-5-3-13(21)4-6-14;/h3-6,9-10,15,17,24H,7-8,11,21H2,1-2H3,(H3,22,23);1H. The van der Waals surface area contributed by atoms with E-state index in [0.29, 0.717) is 18.0 Å². The zero-order valence-corrected chi connectivity index (χ0v) is 18.5. The minimum Gasteiger partial charge on any atom is -0.492 e. The maximum absolute atomic E-state index is 12.8. The zero-order valence-electron chi connectivity index (χ0n) is 16.8. The van der Waals surface area contributed by atoms with Crippen LogP contribution < -0.4 is 25.7 Å². The number of nitrogen functional groups attached to an aromatic ring is 1. The molecule has 0 aromatic heterocycles. The number of hydrogen-bond acceptors (Lipinski definition) is 7. The summed E-state index contributed by atoms with van der Waals surface area (Å²) in [6.07, 6.45) is 0.744. The Morgan fingerprint density at radius 3 is 2.50 bits per heavy atom. The second-order valence-corrected chi connectivity index (χ2v) is 8.70. The monoisotopic (exact) mass is 454 g/mol. The highest BCUT2D eigenvalue weighted by Gasteiger charge is 2.32. The first-order chi connectivity index (χ1) is 13.7. The van der Waals surface area contributed by atoms with E-state index < -0.39 is 10.1 Å². The number of anilines is 1. The van der Waals surface area contributed by atoms with Crippen LogP contribution in [0, 0.1) is 18.3 Å². The third kappa shape index (κ3) is 4.97. The van der Waals surface area contributed by atoms with Crippen LogP contribution in [0.3, 0.4) is 0 Å². The molecule has 1 saturated heterocycles. The molecule has 0 spiro atoms. The maximum atomic E-state index is 12.8. The van der Waals surface area contributed by atoms with Crippen LogP contribution in [-0.4, -0.2) is 34.5 Å². The van der Waals surface area contributed by atoms with E-state index >= 15 is 0 Å². The fourth-order valence-corrected chi connectivity index (χ4v) is 4.61. The van der Waals surface area contributed by atoms with Gasteiger partial charge in [-0.25, -0.2) is 0 Å². The summed E-state index contributed by atoms with van der Waals surface area (Å²) in [7, 11) is -2.60. The predicted octanol–water partition coefficient (Wildman–Crippen LogP) is 2.40. The van der Waals surface area contributed by atoms with Gasteiger partial charge in [0.05, 0.1) is 12.9 Å². The molecule has 6 N–H and O–H groups in total. The third-order valence-corrected chi connectivity index (χ3v) is 6.33. The molecule has 1 aliphatic rings. The molecule has 2 aromatic rings. The zero-order chi connectivity index (χ0) is 21.2. The SMILES string of the molecule is COc1c(OS(=O)(=O)c2ccc(N)cc2)cc(C)cc1C1CCNCC1C(=N)N.Cl. The molecule has 0 amide bonds. The molecule has 0 saturated carbocycles. The topological polar surface area (TPSA) is 141 Å². The summed E-state index contributed by atoms with van der Waals surface area (Å²) >= 11 is 0. The van der Waals surface area contributed by atoms with Crippen LogP contribution in [0.4, 0.5) is 5.69 Å². The average molecular weight is 455 g/mol. The van der Waals surface area contributed by atoms with Crippen LogP contribution >= 0.6 is 12.4 Å². The second-order valence-electron chi connectivity index (χ2n) is 7.15. The molecule has 2 atom stereocenters. The Morgan fingerprint density at radius 2 is 1.90 bits per heavy atom. The van der Waals surface area contributed by atoms with Crippen molar-refractivity contribution in [3.8, 4) is 11.5 Å². The van der Waals surface area contributed by atoms with Crippen molar-refractivity contribution in [2.75, 3.05) is 25.9 Å². The summed E-state index contributed by atoms with van der Waals surface area (Å²) in [5.74, 6) is 0.252. The van der Waals surface area contributed by atoms with E-state index in [-0.39, 0.29) is 40.7 Å².